The SMILES string of the molecule is CCCC1CCCN(c2nc(NC)c(Cl)cc2Cl)CC1. The van der Waals surface area contributed by atoms with Crippen LogP contribution in [0.2, 0.25) is 10.0 Å². The van der Waals surface area contributed by atoms with Crippen molar-refractivity contribution >= 4 is 34.8 Å². The number of nitrogens with one attached hydrogen (secondary N) is 1. The number of aromatic nitrogens is 1. The Morgan fingerprint density at radius 2 is 2.10 bits per heavy atom. The van der Waals surface area contributed by atoms with Gasteiger partial charge in [-0.2, -0.15) is 0 Å². The van der Waals surface area contributed by atoms with Crippen molar-refractivity contribution in [2.45, 2.75) is 39.0 Å². The second-order valence-corrected chi connectivity index (χ2v) is 6.26. The van der Waals surface area contributed by atoms with Gasteiger partial charge in [0.2, 0.25) is 0 Å². The van der Waals surface area contributed by atoms with Crippen LogP contribution < -0.4 is 10.2 Å². The van der Waals surface area contributed by atoms with Crippen LogP contribution in [0.25, 0.3) is 0 Å². The molecule has 5 heteroatoms. The van der Waals surface area contributed by atoms with E-state index in [0.717, 1.165) is 24.8 Å². The number of anilines is 2. The molecule has 0 aliphatic carbocycles. The van der Waals surface area contributed by atoms with Gasteiger partial charge < -0.3 is 10.2 Å². The molecule has 1 N–H and O–H groups in total. The van der Waals surface area contributed by atoms with Gasteiger partial charge in [0, 0.05) is 20.1 Å². The summed E-state index contributed by atoms with van der Waals surface area (Å²) in [6.07, 6.45) is 6.35. The lowest BCUT2D eigenvalue weighted by molar-refractivity contribution is 0.435. The summed E-state index contributed by atoms with van der Waals surface area (Å²) in [7, 11) is 1.83. The van der Waals surface area contributed by atoms with Gasteiger partial charge in [-0.1, -0.05) is 43.0 Å². The quantitative estimate of drug-likeness (QED) is 0.862. The van der Waals surface area contributed by atoms with E-state index >= 15 is 0 Å². The van der Waals surface area contributed by atoms with Crippen LogP contribution in [0, 0.1) is 5.92 Å². The van der Waals surface area contributed by atoms with Crippen molar-refractivity contribution in [1.29, 1.82) is 0 Å². The van der Waals surface area contributed by atoms with Crippen LogP contribution in [0.3, 0.4) is 0 Å². The predicted molar refractivity (Wildman–Crippen MR) is 88.3 cm³/mol. The number of hydrogen-bond donors (Lipinski definition) is 1. The topological polar surface area (TPSA) is 28.2 Å². The Bertz CT molecular complexity index is 451. The van der Waals surface area contributed by atoms with E-state index < -0.39 is 0 Å². The van der Waals surface area contributed by atoms with E-state index in [1.165, 1.54) is 32.1 Å². The number of nitrogens with zero attached hydrogens (tertiary/aromatic N) is 2. The maximum atomic E-state index is 6.33. The van der Waals surface area contributed by atoms with Crippen molar-refractivity contribution < 1.29 is 0 Å². The zero-order chi connectivity index (χ0) is 14.5. The highest BCUT2D eigenvalue weighted by molar-refractivity contribution is 6.37. The molecule has 20 heavy (non-hydrogen) atoms. The molecule has 1 saturated heterocycles. The van der Waals surface area contributed by atoms with Crippen LogP contribution in [0.5, 0.6) is 0 Å². The van der Waals surface area contributed by atoms with Gasteiger partial charge in [0.05, 0.1) is 10.0 Å². The second kappa shape index (κ2) is 7.37. The van der Waals surface area contributed by atoms with E-state index in [1.807, 2.05) is 7.05 Å². The molecule has 1 atom stereocenters. The highest BCUT2D eigenvalue weighted by Crippen LogP contribution is 2.33. The first-order valence-electron chi connectivity index (χ1n) is 7.44. The van der Waals surface area contributed by atoms with Crippen LogP contribution in [0.15, 0.2) is 6.07 Å². The number of pyridine rings is 1. The summed E-state index contributed by atoms with van der Waals surface area (Å²) in [4.78, 5) is 6.88. The van der Waals surface area contributed by atoms with Gasteiger partial charge >= 0.3 is 0 Å². The molecule has 1 aliphatic rings. The Morgan fingerprint density at radius 3 is 2.80 bits per heavy atom. The van der Waals surface area contributed by atoms with Gasteiger partial charge in [0.25, 0.3) is 0 Å². The highest BCUT2D eigenvalue weighted by Gasteiger charge is 2.20. The van der Waals surface area contributed by atoms with Gasteiger partial charge in [-0.15, -0.1) is 0 Å². The fourth-order valence-electron chi connectivity index (χ4n) is 2.93. The van der Waals surface area contributed by atoms with Gasteiger partial charge in [-0.25, -0.2) is 4.98 Å². The first-order valence-corrected chi connectivity index (χ1v) is 8.20. The zero-order valence-corrected chi connectivity index (χ0v) is 13.8. The molecule has 1 aromatic heterocycles. The van der Waals surface area contributed by atoms with Crippen molar-refractivity contribution in [2.75, 3.05) is 30.4 Å². The van der Waals surface area contributed by atoms with Crippen molar-refractivity contribution in [1.82, 2.24) is 4.98 Å². The molecule has 1 unspecified atom stereocenters. The maximum Gasteiger partial charge on any atom is 0.149 e. The van der Waals surface area contributed by atoms with Gasteiger partial charge in [0.1, 0.15) is 11.6 Å². The lowest BCUT2D eigenvalue weighted by Gasteiger charge is -2.23. The van der Waals surface area contributed by atoms with E-state index in [9.17, 15) is 0 Å². The van der Waals surface area contributed by atoms with Crippen molar-refractivity contribution in [3.05, 3.63) is 16.1 Å². The minimum atomic E-state index is 0.569. The van der Waals surface area contributed by atoms with E-state index in [2.05, 4.69) is 22.1 Å². The van der Waals surface area contributed by atoms with Crippen LogP contribution in [0.1, 0.15) is 39.0 Å². The standard InChI is InChI=1S/C15H23Cl2N3/c1-3-5-11-6-4-8-20(9-7-11)15-13(17)10-12(16)14(18-2)19-15/h10-11H,3-9H2,1-2H3,(H,18,19). The maximum absolute atomic E-state index is 6.33. The highest BCUT2D eigenvalue weighted by atomic mass is 35.5. The van der Waals surface area contributed by atoms with Crippen LogP contribution in [-0.4, -0.2) is 25.1 Å². The van der Waals surface area contributed by atoms with Gasteiger partial charge in [-0.3, -0.25) is 0 Å². The molecular formula is C15H23Cl2N3. The Labute approximate surface area is 131 Å². The third kappa shape index (κ3) is 3.70. The molecule has 2 heterocycles. The predicted octanol–water partition coefficient (Wildman–Crippen LogP) is 4.84. The van der Waals surface area contributed by atoms with E-state index in [4.69, 9.17) is 23.2 Å². The molecule has 0 bridgehead atoms. The molecule has 1 aromatic rings. The average Bonchev–Trinajstić information content (AvgIpc) is 2.65. The fourth-order valence-corrected chi connectivity index (χ4v) is 3.50. The molecule has 112 valence electrons. The summed E-state index contributed by atoms with van der Waals surface area (Å²) >= 11 is 12.4. The second-order valence-electron chi connectivity index (χ2n) is 5.45. The van der Waals surface area contributed by atoms with Crippen LogP contribution in [-0.2, 0) is 0 Å². The summed E-state index contributed by atoms with van der Waals surface area (Å²) in [5, 5.41) is 4.23. The number of rotatable bonds is 4. The molecule has 1 fully saturated rings. The largest absolute Gasteiger partial charge is 0.372 e. The van der Waals surface area contributed by atoms with Crippen LogP contribution >= 0.6 is 23.2 Å². The molecule has 0 radical (unpaired) electrons. The van der Waals surface area contributed by atoms with Crippen molar-refractivity contribution in [3.8, 4) is 0 Å². The Morgan fingerprint density at radius 1 is 1.30 bits per heavy atom. The molecule has 0 spiro atoms. The molecular weight excluding hydrogens is 293 g/mol. The van der Waals surface area contributed by atoms with Crippen LogP contribution in [0.4, 0.5) is 11.6 Å². The average molecular weight is 316 g/mol. The van der Waals surface area contributed by atoms with Gasteiger partial charge in [0.15, 0.2) is 0 Å². The summed E-state index contributed by atoms with van der Waals surface area (Å²) < 4.78 is 0. The molecule has 3 nitrogen and oxygen atoms in total. The molecule has 0 aromatic carbocycles. The van der Waals surface area contributed by atoms with E-state index in [1.54, 1.807) is 6.07 Å². The normalized spacial score (nSPS) is 19.8. The third-order valence-corrected chi connectivity index (χ3v) is 4.56. The molecule has 1 aliphatic heterocycles. The molecule has 0 amide bonds. The minimum Gasteiger partial charge on any atom is -0.372 e. The summed E-state index contributed by atoms with van der Waals surface area (Å²) in [6, 6.07) is 1.78. The Balaban J connectivity index is 2.15. The summed E-state index contributed by atoms with van der Waals surface area (Å²) in [5.74, 6) is 2.40. The van der Waals surface area contributed by atoms with E-state index in [-0.39, 0.29) is 0 Å². The zero-order valence-electron chi connectivity index (χ0n) is 12.3. The number of hydrogen-bond acceptors (Lipinski definition) is 3. The molecule has 2 rings (SSSR count). The minimum absolute atomic E-state index is 0.569. The Kier molecular flexibility index (Phi) is 5.79. The smallest absolute Gasteiger partial charge is 0.149 e. The monoisotopic (exact) mass is 315 g/mol. The lowest BCUT2D eigenvalue weighted by atomic mass is 9.96. The van der Waals surface area contributed by atoms with Crippen molar-refractivity contribution in [3.63, 3.8) is 0 Å². The molecule has 0 saturated carbocycles. The fraction of sp³-hybridized carbons (Fsp3) is 0.667. The van der Waals surface area contributed by atoms with Crippen molar-refractivity contribution in [2.24, 2.45) is 5.92 Å². The summed E-state index contributed by atoms with van der Waals surface area (Å²) in [6.45, 7) is 4.32. The first-order chi connectivity index (χ1) is 9.65. The first kappa shape index (κ1) is 15.7. The lowest BCUT2D eigenvalue weighted by Crippen LogP contribution is -2.25. The van der Waals surface area contributed by atoms with E-state index in [0.29, 0.717) is 15.9 Å². The summed E-state index contributed by atoms with van der Waals surface area (Å²) in [5.41, 5.74) is 0. The van der Waals surface area contributed by atoms with Gasteiger partial charge in [-0.05, 0) is 31.2 Å². The Hall–Kier alpha value is -0.670. The third-order valence-electron chi connectivity index (χ3n) is 3.99. The number of halogens is 2.